The Balaban J connectivity index is 1.89. The zero-order chi connectivity index (χ0) is 17.8. The van der Waals surface area contributed by atoms with Gasteiger partial charge in [-0.25, -0.2) is 0 Å². The number of fused-ring (bicyclic) bond motifs is 3. The molecule has 0 radical (unpaired) electrons. The van der Waals surface area contributed by atoms with E-state index < -0.39 is 12.7 Å². The van der Waals surface area contributed by atoms with Crippen molar-refractivity contribution in [2.45, 2.75) is 45.3 Å². The van der Waals surface area contributed by atoms with Crippen LogP contribution in [0.15, 0.2) is 40.8 Å². The third-order valence-electron chi connectivity index (χ3n) is 5.61. The molecule has 0 saturated carbocycles. The van der Waals surface area contributed by atoms with Gasteiger partial charge in [0.15, 0.2) is 5.58 Å². The zero-order valence-electron chi connectivity index (χ0n) is 14.9. The van der Waals surface area contributed by atoms with Crippen LogP contribution >= 0.6 is 0 Å². The second-order valence-electron chi connectivity index (χ2n) is 7.32. The number of furan rings is 1. The molecule has 0 aliphatic carbocycles. The first-order valence-electron chi connectivity index (χ1n) is 8.59. The Morgan fingerprint density at radius 2 is 1.84 bits per heavy atom. The van der Waals surface area contributed by atoms with Crippen LogP contribution < -0.4 is 5.46 Å². The van der Waals surface area contributed by atoms with Crippen LogP contribution in [0.5, 0.6) is 0 Å². The second-order valence-corrected chi connectivity index (χ2v) is 7.32. The highest BCUT2D eigenvalue weighted by Crippen LogP contribution is 2.40. The first-order chi connectivity index (χ1) is 11.9. The highest BCUT2D eigenvalue weighted by Gasteiger charge is 2.53. The minimum absolute atomic E-state index is 0.377. The summed E-state index contributed by atoms with van der Waals surface area (Å²) < 4.78 is 18.4. The number of benzene rings is 2. The van der Waals surface area contributed by atoms with E-state index in [1.807, 2.05) is 50.2 Å². The lowest BCUT2D eigenvalue weighted by Crippen LogP contribution is -2.44. The maximum atomic E-state index is 9.59. The van der Waals surface area contributed by atoms with Crippen molar-refractivity contribution in [2.75, 3.05) is 0 Å². The lowest BCUT2D eigenvalue weighted by atomic mass is 9.77. The van der Waals surface area contributed by atoms with Gasteiger partial charge in [-0.3, -0.25) is 0 Å². The number of para-hydroxylation sites is 1. The van der Waals surface area contributed by atoms with Crippen LogP contribution in [0.1, 0.15) is 39.7 Å². The minimum Gasteiger partial charge on any atom is -0.455 e. The van der Waals surface area contributed by atoms with Gasteiger partial charge in [0.05, 0.1) is 16.8 Å². The van der Waals surface area contributed by atoms with Crippen LogP contribution in [0.2, 0.25) is 0 Å². The molecule has 0 bridgehead atoms. The SMILES string of the molecule is CCC1(C)OB(c2cc(C#N)c3oc4ccccc4c3c2)OC1(C)C. The van der Waals surface area contributed by atoms with Gasteiger partial charge in [0.2, 0.25) is 0 Å². The van der Waals surface area contributed by atoms with Crippen LogP contribution in [0.3, 0.4) is 0 Å². The summed E-state index contributed by atoms with van der Waals surface area (Å²) in [5, 5.41) is 11.5. The molecule has 1 aliphatic heterocycles. The molecular weight excluding hydrogens is 313 g/mol. The molecule has 5 heteroatoms. The van der Waals surface area contributed by atoms with E-state index in [1.54, 1.807) is 0 Å². The van der Waals surface area contributed by atoms with Crippen molar-refractivity contribution in [2.24, 2.45) is 0 Å². The maximum absolute atomic E-state index is 9.59. The molecule has 1 aromatic heterocycles. The fourth-order valence-electron chi connectivity index (χ4n) is 3.51. The van der Waals surface area contributed by atoms with E-state index in [9.17, 15) is 5.26 Å². The summed E-state index contributed by atoms with van der Waals surface area (Å²) in [7, 11) is -0.495. The van der Waals surface area contributed by atoms with Crippen LogP contribution in [-0.4, -0.2) is 18.3 Å². The first kappa shape index (κ1) is 16.2. The molecule has 126 valence electrons. The molecule has 1 aliphatic rings. The molecule has 1 fully saturated rings. The summed E-state index contributed by atoms with van der Waals surface area (Å²) in [6.45, 7) is 8.27. The standard InChI is InChI=1S/C20H20BNO3/c1-5-20(4)19(2,3)24-21(25-20)14-10-13(12-22)18-16(11-14)15-8-6-7-9-17(15)23-18/h6-11H,5H2,1-4H3. The van der Waals surface area contributed by atoms with Crippen LogP contribution in [0.25, 0.3) is 21.9 Å². The number of nitrogens with zero attached hydrogens (tertiary/aromatic N) is 1. The van der Waals surface area contributed by atoms with E-state index in [0.29, 0.717) is 11.1 Å². The molecular formula is C20H20BNO3. The third-order valence-corrected chi connectivity index (χ3v) is 5.61. The number of hydrogen-bond acceptors (Lipinski definition) is 4. The maximum Gasteiger partial charge on any atom is 0.494 e. The van der Waals surface area contributed by atoms with Crippen LogP contribution in [-0.2, 0) is 9.31 Å². The largest absolute Gasteiger partial charge is 0.494 e. The predicted octanol–water partition coefficient (Wildman–Crippen LogP) is 4.15. The van der Waals surface area contributed by atoms with Crippen LogP contribution in [0.4, 0.5) is 0 Å². The second kappa shape index (κ2) is 5.35. The Hall–Kier alpha value is -2.29. The lowest BCUT2D eigenvalue weighted by Gasteiger charge is -2.35. The Bertz CT molecular complexity index is 1020. The molecule has 0 spiro atoms. The van der Waals surface area contributed by atoms with Crippen molar-refractivity contribution in [3.05, 3.63) is 42.0 Å². The van der Waals surface area contributed by atoms with Gasteiger partial charge in [0.1, 0.15) is 11.7 Å². The van der Waals surface area contributed by atoms with Crippen molar-refractivity contribution >= 4 is 34.5 Å². The summed E-state index contributed by atoms with van der Waals surface area (Å²) in [6, 6.07) is 13.9. The summed E-state index contributed by atoms with van der Waals surface area (Å²) in [5.74, 6) is 0. The normalized spacial score (nSPS) is 22.6. The number of nitriles is 1. The Morgan fingerprint density at radius 3 is 2.52 bits per heavy atom. The van der Waals surface area contributed by atoms with E-state index in [4.69, 9.17) is 13.7 Å². The average Bonchev–Trinajstić information content (AvgIpc) is 3.09. The molecule has 2 heterocycles. The molecule has 4 rings (SSSR count). The van der Waals surface area contributed by atoms with Gasteiger partial charge in [-0.15, -0.1) is 0 Å². The molecule has 4 nitrogen and oxygen atoms in total. The van der Waals surface area contributed by atoms with Gasteiger partial charge in [0, 0.05) is 10.8 Å². The highest BCUT2D eigenvalue weighted by molar-refractivity contribution is 6.62. The van der Waals surface area contributed by atoms with E-state index in [2.05, 4.69) is 19.9 Å². The van der Waals surface area contributed by atoms with Crippen molar-refractivity contribution in [3.8, 4) is 6.07 Å². The Labute approximate surface area is 147 Å². The van der Waals surface area contributed by atoms with Crippen molar-refractivity contribution < 1.29 is 13.7 Å². The summed E-state index contributed by atoms with van der Waals surface area (Å²) in [6.07, 6.45) is 0.846. The molecule has 25 heavy (non-hydrogen) atoms. The smallest absolute Gasteiger partial charge is 0.455 e. The first-order valence-corrected chi connectivity index (χ1v) is 8.59. The quantitative estimate of drug-likeness (QED) is 0.661. The van der Waals surface area contributed by atoms with Gasteiger partial charge in [-0.2, -0.15) is 5.26 Å². The molecule has 0 N–H and O–H groups in total. The molecule has 1 saturated heterocycles. The van der Waals surface area contributed by atoms with E-state index >= 15 is 0 Å². The van der Waals surface area contributed by atoms with Crippen LogP contribution in [0, 0.1) is 11.3 Å². The monoisotopic (exact) mass is 333 g/mol. The summed E-state index contributed by atoms with van der Waals surface area (Å²) in [5.41, 5.74) is 1.95. The van der Waals surface area contributed by atoms with Crippen molar-refractivity contribution in [1.29, 1.82) is 5.26 Å². The van der Waals surface area contributed by atoms with Crippen molar-refractivity contribution in [1.82, 2.24) is 0 Å². The van der Waals surface area contributed by atoms with Gasteiger partial charge in [-0.05, 0) is 44.8 Å². The molecule has 1 atom stereocenters. The highest BCUT2D eigenvalue weighted by atomic mass is 16.7. The number of hydrogen-bond donors (Lipinski definition) is 0. The fraction of sp³-hybridized carbons (Fsp3) is 0.350. The van der Waals surface area contributed by atoms with Gasteiger partial charge < -0.3 is 13.7 Å². The van der Waals surface area contributed by atoms with Gasteiger partial charge in [0.25, 0.3) is 0 Å². The van der Waals surface area contributed by atoms with E-state index in [-0.39, 0.29) is 5.60 Å². The fourth-order valence-corrected chi connectivity index (χ4v) is 3.51. The lowest BCUT2D eigenvalue weighted by molar-refractivity contribution is -0.0118. The average molecular weight is 333 g/mol. The Morgan fingerprint density at radius 1 is 1.08 bits per heavy atom. The van der Waals surface area contributed by atoms with E-state index in [1.165, 1.54) is 0 Å². The predicted molar refractivity (Wildman–Crippen MR) is 98.8 cm³/mol. The number of rotatable bonds is 2. The molecule has 2 aromatic carbocycles. The molecule has 3 aromatic rings. The molecule has 1 unspecified atom stereocenters. The van der Waals surface area contributed by atoms with E-state index in [0.717, 1.165) is 28.2 Å². The topological polar surface area (TPSA) is 55.4 Å². The summed E-state index contributed by atoms with van der Waals surface area (Å²) >= 11 is 0. The molecule has 0 amide bonds. The third kappa shape index (κ3) is 2.29. The Kier molecular flexibility index (Phi) is 3.47. The minimum atomic E-state index is -0.495. The summed E-state index contributed by atoms with van der Waals surface area (Å²) in [4.78, 5) is 0. The van der Waals surface area contributed by atoms with Gasteiger partial charge in [-0.1, -0.05) is 31.2 Å². The van der Waals surface area contributed by atoms with Crippen molar-refractivity contribution in [3.63, 3.8) is 0 Å². The zero-order valence-corrected chi connectivity index (χ0v) is 14.9. The van der Waals surface area contributed by atoms with Gasteiger partial charge >= 0.3 is 7.12 Å².